The lowest BCUT2D eigenvalue weighted by atomic mass is 9.98. The van der Waals surface area contributed by atoms with Crippen LogP contribution in [0.3, 0.4) is 0 Å². The summed E-state index contributed by atoms with van der Waals surface area (Å²) in [4.78, 5) is 51.0. The molecule has 0 amide bonds. The van der Waals surface area contributed by atoms with Crippen molar-refractivity contribution < 1.29 is 58.2 Å². The normalized spacial score (nSPS) is 18.6. The van der Waals surface area contributed by atoms with Crippen molar-refractivity contribution in [2.24, 2.45) is 0 Å². The van der Waals surface area contributed by atoms with Gasteiger partial charge in [-0.05, 0) is 70.6 Å². The molecule has 0 bridgehead atoms. The van der Waals surface area contributed by atoms with Crippen molar-refractivity contribution in [1.82, 2.24) is 0 Å². The molecule has 0 aromatic carbocycles. The van der Waals surface area contributed by atoms with Gasteiger partial charge >= 0.3 is 23.9 Å². The van der Waals surface area contributed by atoms with Crippen LogP contribution in [-0.2, 0) is 42.9 Å². The van der Waals surface area contributed by atoms with Gasteiger partial charge in [0, 0.05) is 19.3 Å². The van der Waals surface area contributed by atoms with Crippen LogP contribution >= 0.6 is 0 Å². The van der Waals surface area contributed by atoms with E-state index >= 15 is 0 Å². The van der Waals surface area contributed by atoms with Crippen molar-refractivity contribution in [1.29, 1.82) is 0 Å². The van der Waals surface area contributed by atoms with Crippen molar-refractivity contribution >= 4 is 23.9 Å². The fourth-order valence-corrected chi connectivity index (χ4v) is 8.95. The highest BCUT2D eigenvalue weighted by Crippen LogP contribution is 2.26. The summed E-state index contributed by atoms with van der Waals surface area (Å²) in [5.74, 6) is -3.11. The predicted molar refractivity (Wildman–Crippen MR) is 285 cm³/mol. The van der Waals surface area contributed by atoms with Crippen molar-refractivity contribution in [2.45, 2.75) is 314 Å². The van der Waals surface area contributed by atoms with E-state index in [1.807, 2.05) is 0 Å². The average molecular weight is 1010 g/mol. The fraction of sp³-hybridized carbons (Fsp3) is 0.864. The van der Waals surface area contributed by atoms with Gasteiger partial charge in [-0.25, -0.2) is 4.79 Å². The first-order valence-electron chi connectivity index (χ1n) is 29.3. The number of ether oxygens (including phenoxy) is 5. The lowest BCUT2D eigenvalue weighted by Gasteiger charge is -2.40. The van der Waals surface area contributed by atoms with Crippen molar-refractivity contribution in [3.63, 3.8) is 0 Å². The van der Waals surface area contributed by atoms with E-state index in [0.717, 1.165) is 96.3 Å². The lowest BCUT2D eigenvalue weighted by Crippen LogP contribution is -2.61. The van der Waals surface area contributed by atoms with Crippen LogP contribution in [0.15, 0.2) is 24.3 Å². The van der Waals surface area contributed by atoms with Crippen molar-refractivity contribution in [2.75, 3.05) is 13.2 Å². The number of unbranched alkanes of at least 4 members (excludes halogenated alkanes) is 32. The molecule has 414 valence electrons. The molecule has 1 rings (SSSR count). The highest BCUT2D eigenvalue weighted by molar-refractivity contribution is 5.74. The number of carbonyl (C=O) groups excluding carboxylic acids is 3. The Labute approximate surface area is 432 Å². The minimum Gasteiger partial charge on any atom is -0.479 e. The Morgan fingerprint density at radius 2 is 0.803 bits per heavy atom. The summed E-state index contributed by atoms with van der Waals surface area (Å²) in [6.07, 6.45) is 41.5. The van der Waals surface area contributed by atoms with Crippen LogP contribution in [0.2, 0.25) is 0 Å². The predicted octanol–water partition coefficient (Wildman–Crippen LogP) is 14.7. The molecular formula is C59H106O12. The second kappa shape index (κ2) is 48.2. The minimum atomic E-state index is -1.90. The average Bonchev–Trinajstić information content (AvgIpc) is 3.35. The molecule has 0 aliphatic carbocycles. The molecular weight excluding hydrogens is 901 g/mol. The monoisotopic (exact) mass is 1010 g/mol. The number of carboxylic acid groups (broad SMARTS) is 1. The zero-order chi connectivity index (χ0) is 51.8. The van der Waals surface area contributed by atoms with E-state index in [1.165, 1.54) is 122 Å². The molecule has 1 saturated heterocycles. The summed E-state index contributed by atoms with van der Waals surface area (Å²) in [6, 6.07) is 0. The fourth-order valence-electron chi connectivity index (χ4n) is 8.95. The van der Waals surface area contributed by atoms with Gasteiger partial charge in [-0.15, -0.1) is 0 Å². The SMILES string of the molecule is CCCCCC/C=C\CCCCCCCC(=O)OC(COC(=O)CCCCCCCCCCCCCCCCC)COC1OC(C(=O)O)C(O)C(O)C1OC(=O)CCCCCCC/C=C\CCCCCC. The van der Waals surface area contributed by atoms with Gasteiger partial charge in [0.1, 0.15) is 18.8 Å². The summed E-state index contributed by atoms with van der Waals surface area (Å²) in [6.45, 7) is 5.97. The van der Waals surface area contributed by atoms with Crippen LogP contribution in [0.4, 0.5) is 0 Å². The van der Waals surface area contributed by atoms with Crippen LogP contribution in [0.5, 0.6) is 0 Å². The van der Waals surface area contributed by atoms with E-state index in [1.54, 1.807) is 0 Å². The van der Waals surface area contributed by atoms with Crippen LogP contribution in [0, 0.1) is 0 Å². The van der Waals surface area contributed by atoms with Crippen molar-refractivity contribution in [3.8, 4) is 0 Å². The number of hydrogen-bond donors (Lipinski definition) is 3. The third-order valence-electron chi connectivity index (χ3n) is 13.5. The number of esters is 3. The highest BCUT2D eigenvalue weighted by atomic mass is 16.7. The Bertz CT molecular complexity index is 1340. The number of hydrogen-bond acceptors (Lipinski definition) is 11. The summed E-state index contributed by atoms with van der Waals surface area (Å²) in [5.41, 5.74) is 0. The first kappa shape index (κ1) is 66.2. The van der Waals surface area contributed by atoms with Gasteiger partial charge in [0.2, 0.25) is 0 Å². The molecule has 0 spiro atoms. The molecule has 1 aliphatic heterocycles. The van der Waals surface area contributed by atoms with Gasteiger partial charge in [0.25, 0.3) is 0 Å². The van der Waals surface area contributed by atoms with Crippen LogP contribution in [0.1, 0.15) is 278 Å². The second-order valence-electron chi connectivity index (χ2n) is 20.3. The Balaban J connectivity index is 2.69. The number of rotatable bonds is 50. The van der Waals surface area contributed by atoms with Gasteiger partial charge < -0.3 is 39.0 Å². The van der Waals surface area contributed by atoms with E-state index in [0.29, 0.717) is 19.3 Å². The van der Waals surface area contributed by atoms with Crippen LogP contribution in [-0.4, -0.2) is 89.2 Å². The molecule has 12 heteroatoms. The van der Waals surface area contributed by atoms with E-state index in [4.69, 9.17) is 23.7 Å². The number of carboxylic acids is 1. The van der Waals surface area contributed by atoms with Gasteiger partial charge in [-0.2, -0.15) is 0 Å². The summed E-state index contributed by atoms with van der Waals surface area (Å²) in [7, 11) is 0. The van der Waals surface area contributed by atoms with Gasteiger partial charge in [-0.3, -0.25) is 14.4 Å². The maximum Gasteiger partial charge on any atom is 0.335 e. The molecule has 1 aliphatic rings. The number of aliphatic hydroxyl groups excluding tert-OH is 2. The maximum absolute atomic E-state index is 13.1. The minimum absolute atomic E-state index is 0.0534. The maximum atomic E-state index is 13.1. The van der Waals surface area contributed by atoms with Gasteiger partial charge in [-0.1, -0.05) is 212 Å². The third-order valence-corrected chi connectivity index (χ3v) is 13.5. The van der Waals surface area contributed by atoms with E-state index in [-0.39, 0.29) is 25.9 Å². The first-order chi connectivity index (χ1) is 34.6. The van der Waals surface area contributed by atoms with Crippen LogP contribution < -0.4 is 0 Å². The number of carbonyl (C=O) groups is 4. The summed E-state index contributed by atoms with van der Waals surface area (Å²) in [5, 5.41) is 31.4. The zero-order valence-corrected chi connectivity index (χ0v) is 45.5. The Kier molecular flexibility index (Phi) is 44.9. The topological polar surface area (TPSA) is 175 Å². The standard InChI is InChI=1S/C59H106O12/c1-4-7-10-13-16-19-22-25-26-29-30-33-36-39-42-45-51(60)67-48-50(69-52(61)46-43-40-37-34-31-27-23-20-17-14-11-8-5-2)49-68-59-57(55(64)54(63)56(71-59)58(65)66)70-53(62)47-44-41-38-35-32-28-24-21-18-15-12-9-6-3/h20-21,23-24,50,54-57,59,63-64H,4-19,22,25-49H2,1-3H3,(H,65,66)/b23-20-,24-21-. The molecule has 3 N–H and O–H groups in total. The third kappa shape index (κ3) is 38.4. The molecule has 1 fully saturated rings. The van der Waals surface area contributed by atoms with Gasteiger partial charge in [0.05, 0.1) is 6.61 Å². The molecule has 0 radical (unpaired) electrons. The number of allylic oxidation sites excluding steroid dienone is 4. The summed E-state index contributed by atoms with van der Waals surface area (Å²) < 4.78 is 28.4. The largest absolute Gasteiger partial charge is 0.479 e. The smallest absolute Gasteiger partial charge is 0.335 e. The van der Waals surface area contributed by atoms with E-state index in [9.17, 15) is 34.5 Å². The van der Waals surface area contributed by atoms with E-state index < -0.39 is 67.3 Å². The lowest BCUT2D eigenvalue weighted by molar-refractivity contribution is -0.301. The molecule has 12 nitrogen and oxygen atoms in total. The van der Waals surface area contributed by atoms with Crippen LogP contribution in [0.25, 0.3) is 0 Å². The Morgan fingerprint density at radius 1 is 0.451 bits per heavy atom. The van der Waals surface area contributed by atoms with Gasteiger partial charge in [0.15, 0.2) is 24.6 Å². The molecule has 6 atom stereocenters. The molecule has 0 saturated carbocycles. The number of aliphatic hydroxyl groups is 2. The Hall–Kier alpha value is -2.80. The molecule has 0 aromatic rings. The second-order valence-corrected chi connectivity index (χ2v) is 20.3. The summed E-state index contributed by atoms with van der Waals surface area (Å²) >= 11 is 0. The van der Waals surface area contributed by atoms with E-state index in [2.05, 4.69) is 45.1 Å². The molecule has 1 heterocycles. The molecule has 6 unspecified atom stereocenters. The quantitative estimate of drug-likeness (QED) is 0.0228. The Morgan fingerprint density at radius 3 is 1.21 bits per heavy atom. The molecule has 71 heavy (non-hydrogen) atoms. The zero-order valence-electron chi connectivity index (χ0n) is 45.5. The van der Waals surface area contributed by atoms with Crippen molar-refractivity contribution in [3.05, 3.63) is 24.3 Å². The number of aliphatic carboxylic acids is 1. The molecule has 0 aromatic heterocycles. The highest BCUT2D eigenvalue weighted by Gasteiger charge is 2.50. The first-order valence-corrected chi connectivity index (χ1v) is 29.3.